The number of nitrogens with one attached hydrogen (secondary N) is 2. The highest BCUT2D eigenvalue weighted by Crippen LogP contribution is 2.04. The Bertz CT molecular complexity index is 486. The Balaban J connectivity index is 1.63. The minimum atomic E-state index is -0.456. The fourth-order valence-corrected chi connectivity index (χ4v) is 2.92. The van der Waals surface area contributed by atoms with Crippen LogP contribution in [-0.2, 0) is 14.3 Å². The molecule has 26 heavy (non-hydrogen) atoms. The molecule has 2 heterocycles. The summed E-state index contributed by atoms with van der Waals surface area (Å²) in [5, 5.41) is 5.00. The van der Waals surface area contributed by atoms with Crippen LogP contribution in [0.5, 0.6) is 0 Å². The molecule has 2 aliphatic rings. The molecule has 4 amide bonds. The first kappa shape index (κ1) is 20.6. The van der Waals surface area contributed by atoms with Crippen molar-refractivity contribution in [2.24, 2.45) is 5.92 Å². The summed E-state index contributed by atoms with van der Waals surface area (Å²) in [6.07, 6.45) is 0. The quantitative estimate of drug-likeness (QED) is 0.620. The molecule has 0 bridgehead atoms. The molecule has 2 N–H and O–H groups in total. The summed E-state index contributed by atoms with van der Waals surface area (Å²) in [4.78, 5) is 41.8. The van der Waals surface area contributed by atoms with Gasteiger partial charge in [0.25, 0.3) is 0 Å². The Morgan fingerprint density at radius 1 is 0.923 bits per heavy atom. The molecule has 0 saturated carbocycles. The fourth-order valence-electron chi connectivity index (χ4n) is 2.92. The van der Waals surface area contributed by atoms with Crippen molar-refractivity contribution < 1.29 is 19.1 Å². The molecular formula is C17H31N5O4. The van der Waals surface area contributed by atoms with E-state index in [1.54, 1.807) is 0 Å². The first-order valence-electron chi connectivity index (χ1n) is 9.32. The van der Waals surface area contributed by atoms with E-state index in [0.717, 1.165) is 13.1 Å². The highest BCUT2D eigenvalue weighted by molar-refractivity contribution is 5.95. The van der Waals surface area contributed by atoms with Gasteiger partial charge in [-0.1, -0.05) is 13.8 Å². The number of amides is 4. The Morgan fingerprint density at radius 2 is 1.54 bits per heavy atom. The molecule has 0 aliphatic carbocycles. The second kappa shape index (κ2) is 10.4. The van der Waals surface area contributed by atoms with Gasteiger partial charge in [-0.05, 0) is 5.92 Å². The number of morpholine rings is 1. The van der Waals surface area contributed by atoms with E-state index in [-0.39, 0.29) is 18.4 Å². The SMILES string of the molecule is CC(C)CNC(=O)NC(=O)CN1CCN(C(=O)CN2CCOCC2)CC1. The molecular weight excluding hydrogens is 338 g/mol. The van der Waals surface area contributed by atoms with Gasteiger partial charge in [0.1, 0.15) is 0 Å². The average molecular weight is 369 g/mol. The van der Waals surface area contributed by atoms with Crippen LogP contribution in [0.2, 0.25) is 0 Å². The molecule has 9 heteroatoms. The van der Waals surface area contributed by atoms with E-state index in [9.17, 15) is 14.4 Å². The Kier molecular flexibility index (Phi) is 8.27. The van der Waals surface area contributed by atoms with Crippen molar-refractivity contribution in [2.45, 2.75) is 13.8 Å². The van der Waals surface area contributed by atoms with Gasteiger partial charge in [-0.25, -0.2) is 4.79 Å². The highest BCUT2D eigenvalue weighted by atomic mass is 16.5. The normalized spacial score (nSPS) is 19.4. The monoisotopic (exact) mass is 369 g/mol. The standard InChI is InChI=1S/C17H31N5O4/c1-14(2)11-18-17(25)19-15(23)12-20-3-5-22(6-4-20)16(24)13-21-7-9-26-10-8-21/h14H,3-13H2,1-2H3,(H2,18,19,23,25). The third-order valence-corrected chi connectivity index (χ3v) is 4.48. The summed E-state index contributed by atoms with van der Waals surface area (Å²) in [7, 11) is 0. The lowest BCUT2D eigenvalue weighted by molar-refractivity contribution is -0.135. The lowest BCUT2D eigenvalue weighted by atomic mass is 10.2. The van der Waals surface area contributed by atoms with Crippen LogP contribution in [0.25, 0.3) is 0 Å². The van der Waals surface area contributed by atoms with Crippen LogP contribution in [0.1, 0.15) is 13.8 Å². The summed E-state index contributed by atoms with van der Waals surface area (Å²) in [6, 6.07) is -0.456. The van der Waals surface area contributed by atoms with Gasteiger partial charge in [-0.3, -0.25) is 24.7 Å². The Hall–Kier alpha value is -1.71. The van der Waals surface area contributed by atoms with Crippen molar-refractivity contribution in [1.82, 2.24) is 25.3 Å². The molecule has 9 nitrogen and oxygen atoms in total. The van der Waals surface area contributed by atoms with Crippen LogP contribution >= 0.6 is 0 Å². The molecule has 148 valence electrons. The van der Waals surface area contributed by atoms with Crippen molar-refractivity contribution in [3.63, 3.8) is 0 Å². The zero-order valence-electron chi connectivity index (χ0n) is 15.8. The van der Waals surface area contributed by atoms with Crippen LogP contribution in [-0.4, -0.2) is 105 Å². The van der Waals surface area contributed by atoms with Gasteiger partial charge in [0, 0.05) is 45.8 Å². The lowest BCUT2D eigenvalue weighted by Gasteiger charge is -2.36. The van der Waals surface area contributed by atoms with E-state index in [1.165, 1.54) is 0 Å². The first-order valence-corrected chi connectivity index (χ1v) is 9.32. The predicted octanol–water partition coefficient (Wildman–Crippen LogP) is -1.06. The predicted molar refractivity (Wildman–Crippen MR) is 96.7 cm³/mol. The van der Waals surface area contributed by atoms with E-state index in [0.29, 0.717) is 58.4 Å². The molecule has 2 saturated heterocycles. The van der Waals surface area contributed by atoms with E-state index in [1.807, 2.05) is 23.6 Å². The molecule has 0 unspecified atom stereocenters. The third-order valence-electron chi connectivity index (χ3n) is 4.48. The van der Waals surface area contributed by atoms with Gasteiger partial charge >= 0.3 is 6.03 Å². The largest absolute Gasteiger partial charge is 0.379 e. The number of hydrogen-bond donors (Lipinski definition) is 2. The summed E-state index contributed by atoms with van der Waals surface area (Å²) in [6.45, 7) is 10.5. The number of rotatable bonds is 6. The fraction of sp³-hybridized carbons (Fsp3) is 0.824. The number of nitrogens with zero attached hydrogens (tertiary/aromatic N) is 3. The van der Waals surface area contributed by atoms with E-state index in [2.05, 4.69) is 15.5 Å². The maximum absolute atomic E-state index is 12.4. The second-order valence-electron chi connectivity index (χ2n) is 7.20. The van der Waals surface area contributed by atoms with Gasteiger partial charge in [-0.15, -0.1) is 0 Å². The smallest absolute Gasteiger partial charge is 0.321 e. The summed E-state index contributed by atoms with van der Waals surface area (Å²) in [5.41, 5.74) is 0. The van der Waals surface area contributed by atoms with Crippen molar-refractivity contribution >= 4 is 17.8 Å². The second-order valence-corrected chi connectivity index (χ2v) is 7.20. The maximum atomic E-state index is 12.4. The summed E-state index contributed by atoms with van der Waals surface area (Å²) in [5.74, 6) is 0.141. The van der Waals surface area contributed by atoms with E-state index >= 15 is 0 Å². The van der Waals surface area contributed by atoms with Crippen molar-refractivity contribution in [1.29, 1.82) is 0 Å². The molecule has 0 radical (unpaired) electrons. The van der Waals surface area contributed by atoms with Crippen molar-refractivity contribution in [2.75, 3.05) is 72.1 Å². The van der Waals surface area contributed by atoms with Gasteiger partial charge < -0.3 is 15.0 Å². The number of ether oxygens (including phenoxy) is 1. The molecule has 0 aromatic carbocycles. The molecule has 0 spiro atoms. The number of urea groups is 1. The Morgan fingerprint density at radius 3 is 2.15 bits per heavy atom. The zero-order chi connectivity index (χ0) is 18.9. The molecule has 0 aromatic heterocycles. The maximum Gasteiger partial charge on any atom is 0.321 e. The minimum absolute atomic E-state index is 0.129. The zero-order valence-corrected chi connectivity index (χ0v) is 15.8. The van der Waals surface area contributed by atoms with E-state index in [4.69, 9.17) is 4.74 Å². The van der Waals surface area contributed by atoms with Crippen LogP contribution < -0.4 is 10.6 Å². The van der Waals surface area contributed by atoms with E-state index < -0.39 is 6.03 Å². The van der Waals surface area contributed by atoms with Crippen LogP contribution in [0.4, 0.5) is 4.79 Å². The van der Waals surface area contributed by atoms with Crippen LogP contribution in [0.15, 0.2) is 0 Å². The Labute approximate surface area is 155 Å². The van der Waals surface area contributed by atoms with Crippen molar-refractivity contribution in [3.05, 3.63) is 0 Å². The van der Waals surface area contributed by atoms with Gasteiger partial charge in [0.05, 0.1) is 26.3 Å². The van der Waals surface area contributed by atoms with Gasteiger partial charge in [0.15, 0.2) is 0 Å². The van der Waals surface area contributed by atoms with Crippen LogP contribution in [0.3, 0.4) is 0 Å². The molecule has 0 aromatic rings. The third kappa shape index (κ3) is 7.27. The molecule has 2 rings (SSSR count). The van der Waals surface area contributed by atoms with Crippen molar-refractivity contribution in [3.8, 4) is 0 Å². The minimum Gasteiger partial charge on any atom is -0.379 e. The average Bonchev–Trinajstić information content (AvgIpc) is 2.61. The molecule has 2 aliphatic heterocycles. The van der Waals surface area contributed by atoms with Gasteiger partial charge in [-0.2, -0.15) is 0 Å². The molecule has 2 fully saturated rings. The number of carbonyl (C=O) groups is 3. The van der Waals surface area contributed by atoms with Crippen LogP contribution in [0, 0.1) is 5.92 Å². The van der Waals surface area contributed by atoms with Gasteiger partial charge in [0.2, 0.25) is 11.8 Å². The highest BCUT2D eigenvalue weighted by Gasteiger charge is 2.24. The lowest BCUT2D eigenvalue weighted by Crippen LogP contribution is -2.54. The molecule has 0 atom stereocenters. The number of carbonyl (C=O) groups excluding carboxylic acids is 3. The first-order chi connectivity index (χ1) is 12.4. The summed E-state index contributed by atoms with van der Waals surface area (Å²) < 4.78 is 5.29. The topological polar surface area (TPSA) is 94.2 Å². The number of hydrogen-bond acceptors (Lipinski definition) is 6. The summed E-state index contributed by atoms with van der Waals surface area (Å²) >= 11 is 0. The number of imide groups is 1. The number of piperazine rings is 1.